The summed E-state index contributed by atoms with van der Waals surface area (Å²) in [4.78, 5) is 31.9. The summed E-state index contributed by atoms with van der Waals surface area (Å²) >= 11 is 0. The summed E-state index contributed by atoms with van der Waals surface area (Å²) in [7, 11) is 6.16. The minimum Gasteiger partial charge on any atom is -0.493 e. The molecule has 6 rings (SSSR count). The molecule has 4 heterocycles. The molecule has 0 saturated heterocycles. The van der Waals surface area contributed by atoms with Gasteiger partial charge in [-0.25, -0.2) is 9.59 Å². The molecular formula is C29H28N2O10. The van der Waals surface area contributed by atoms with Crippen molar-refractivity contribution < 1.29 is 47.9 Å². The number of carbonyl (C=O) groups is 2. The molecule has 214 valence electrons. The van der Waals surface area contributed by atoms with E-state index in [1.807, 2.05) is 11.9 Å². The van der Waals surface area contributed by atoms with Crippen molar-refractivity contribution in [1.29, 1.82) is 0 Å². The van der Waals surface area contributed by atoms with Crippen molar-refractivity contribution in [2.45, 2.75) is 24.9 Å². The van der Waals surface area contributed by atoms with E-state index in [1.54, 1.807) is 30.5 Å². The van der Waals surface area contributed by atoms with Crippen LogP contribution in [0.15, 0.2) is 36.7 Å². The molecule has 0 saturated carbocycles. The van der Waals surface area contributed by atoms with Crippen LogP contribution in [0.2, 0.25) is 0 Å². The maximum Gasteiger partial charge on any atom is 0.345 e. The fourth-order valence-corrected chi connectivity index (χ4v) is 5.88. The van der Waals surface area contributed by atoms with Gasteiger partial charge in [0, 0.05) is 35.6 Å². The number of ether oxygens (including phenoxy) is 7. The van der Waals surface area contributed by atoms with Crippen molar-refractivity contribution >= 4 is 11.9 Å². The standard InChI is InChI=1S/C29H28N2O10/c1-31-11-9-16-17(13-38-27(32)15-6-5-10-30-12-15)22-25(40-14-39-22)24(37-4)20(16)26(31)29(34)18-7-8-19(35-2)23(36-3)21(18)28(33)41-29/h5-8,10,12,26,34H,9,11,13-14H2,1-4H3. The zero-order chi connectivity index (χ0) is 28.9. The smallest absolute Gasteiger partial charge is 0.345 e. The molecule has 12 nitrogen and oxygen atoms in total. The molecule has 1 aromatic heterocycles. The van der Waals surface area contributed by atoms with Crippen molar-refractivity contribution in [3.8, 4) is 28.7 Å². The first-order chi connectivity index (χ1) is 19.8. The number of rotatable bonds is 7. The number of esters is 2. The minimum absolute atomic E-state index is 0.0696. The van der Waals surface area contributed by atoms with Crippen molar-refractivity contribution in [2.24, 2.45) is 0 Å². The highest BCUT2D eigenvalue weighted by molar-refractivity contribution is 5.98. The van der Waals surface area contributed by atoms with Gasteiger partial charge in [-0.05, 0) is 43.3 Å². The van der Waals surface area contributed by atoms with Crippen LogP contribution in [0.4, 0.5) is 0 Å². The summed E-state index contributed by atoms with van der Waals surface area (Å²) in [5.74, 6) is -1.95. The molecule has 41 heavy (non-hydrogen) atoms. The average molecular weight is 565 g/mol. The van der Waals surface area contributed by atoms with Crippen LogP contribution >= 0.6 is 0 Å². The molecule has 0 radical (unpaired) electrons. The van der Waals surface area contributed by atoms with E-state index in [1.165, 1.54) is 27.5 Å². The van der Waals surface area contributed by atoms with Gasteiger partial charge in [0.05, 0.1) is 26.9 Å². The van der Waals surface area contributed by atoms with Crippen LogP contribution in [0, 0.1) is 0 Å². The summed E-state index contributed by atoms with van der Waals surface area (Å²) < 4.78 is 39.7. The third-order valence-corrected chi connectivity index (χ3v) is 7.66. The summed E-state index contributed by atoms with van der Waals surface area (Å²) in [5.41, 5.74) is 2.41. The van der Waals surface area contributed by atoms with Gasteiger partial charge in [-0.3, -0.25) is 9.88 Å². The quantitative estimate of drug-likeness (QED) is 0.423. The lowest BCUT2D eigenvalue weighted by atomic mass is 9.81. The third kappa shape index (κ3) is 4.01. The molecule has 0 aliphatic carbocycles. The maximum absolute atomic E-state index is 13.2. The van der Waals surface area contributed by atoms with Crippen LogP contribution in [0.1, 0.15) is 49.0 Å². The number of pyridine rings is 1. The molecule has 0 bridgehead atoms. The van der Waals surface area contributed by atoms with E-state index in [2.05, 4.69) is 4.98 Å². The average Bonchev–Trinajstić information content (AvgIpc) is 3.57. The fourth-order valence-electron chi connectivity index (χ4n) is 5.88. The summed E-state index contributed by atoms with van der Waals surface area (Å²) in [5, 5.41) is 12.3. The van der Waals surface area contributed by atoms with Crippen molar-refractivity contribution in [3.05, 3.63) is 70.0 Å². The monoisotopic (exact) mass is 564 g/mol. The molecule has 2 aromatic carbocycles. The summed E-state index contributed by atoms with van der Waals surface area (Å²) in [6, 6.07) is 5.51. The number of aliphatic hydroxyl groups is 1. The number of likely N-dealkylation sites (N-methyl/N-ethyl adjacent to an activating group) is 1. The predicted molar refractivity (Wildman–Crippen MR) is 140 cm³/mol. The Labute approximate surface area is 235 Å². The Morgan fingerprint density at radius 1 is 1.12 bits per heavy atom. The fraction of sp³-hybridized carbons (Fsp3) is 0.345. The Hall–Kier alpha value is -4.55. The largest absolute Gasteiger partial charge is 0.493 e. The van der Waals surface area contributed by atoms with Gasteiger partial charge >= 0.3 is 11.9 Å². The summed E-state index contributed by atoms with van der Waals surface area (Å²) in [6.07, 6.45) is 3.49. The number of fused-ring (bicyclic) bond motifs is 3. The second-order valence-electron chi connectivity index (χ2n) is 9.73. The Morgan fingerprint density at radius 2 is 1.90 bits per heavy atom. The van der Waals surface area contributed by atoms with Crippen LogP contribution in [0.25, 0.3) is 0 Å². The van der Waals surface area contributed by atoms with Gasteiger partial charge in [0.15, 0.2) is 23.0 Å². The highest BCUT2D eigenvalue weighted by atomic mass is 16.7. The highest BCUT2D eigenvalue weighted by Crippen LogP contribution is 2.58. The van der Waals surface area contributed by atoms with E-state index < -0.39 is 23.8 Å². The molecule has 3 aliphatic rings. The molecule has 2 unspecified atom stereocenters. The predicted octanol–water partition coefficient (Wildman–Crippen LogP) is 2.74. The SMILES string of the molecule is COc1ccc2c(c1OC)C(=O)OC2(O)C1c2c(c(COC(=O)c3cccnc3)c3c(c2OC)OCO3)CCN1C. The molecule has 0 amide bonds. The van der Waals surface area contributed by atoms with Gasteiger partial charge in [0.2, 0.25) is 12.5 Å². The zero-order valence-corrected chi connectivity index (χ0v) is 22.9. The van der Waals surface area contributed by atoms with E-state index in [0.29, 0.717) is 52.7 Å². The van der Waals surface area contributed by atoms with E-state index in [4.69, 9.17) is 33.2 Å². The van der Waals surface area contributed by atoms with E-state index >= 15 is 0 Å². The first kappa shape index (κ1) is 26.7. The van der Waals surface area contributed by atoms with Crippen LogP contribution in [0.3, 0.4) is 0 Å². The van der Waals surface area contributed by atoms with Crippen molar-refractivity contribution in [2.75, 3.05) is 41.7 Å². The van der Waals surface area contributed by atoms with Gasteiger partial charge in [-0.15, -0.1) is 0 Å². The second kappa shape index (κ2) is 10.1. The van der Waals surface area contributed by atoms with Crippen LogP contribution in [0.5, 0.6) is 28.7 Å². The third-order valence-electron chi connectivity index (χ3n) is 7.66. The second-order valence-corrected chi connectivity index (χ2v) is 9.73. The van der Waals surface area contributed by atoms with Crippen molar-refractivity contribution in [3.63, 3.8) is 0 Å². The van der Waals surface area contributed by atoms with Gasteiger partial charge in [0.25, 0.3) is 5.79 Å². The molecule has 3 aliphatic heterocycles. The highest BCUT2D eigenvalue weighted by Gasteiger charge is 2.57. The van der Waals surface area contributed by atoms with Crippen molar-refractivity contribution in [1.82, 2.24) is 9.88 Å². The van der Waals surface area contributed by atoms with Gasteiger partial charge in [-0.1, -0.05) is 0 Å². The van der Waals surface area contributed by atoms with Gasteiger partial charge < -0.3 is 38.3 Å². The number of hydrogen-bond acceptors (Lipinski definition) is 12. The van der Waals surface area contributed by atoms with Gasteiger partial charge in [0.1, 0.15) is 18.2 Å². The van der Waals surface area contributed by atoms with Crippen LogP contribution in [-0.4, -0.2) is 68.6 Å². The summed E-state index contributed by atoms with van der Waals surface area (Å²) in [6.45, 7) is 0.256. The number of nitrogens with zero attached hydrogens (tertiary/aromatic N) is 2. The lowest BCUT2D eigenvalue weighted by Crippen LogP contribution is -2.46. The number of carbonyl (C=O) groups excluding carboxylic acids is 2. The normalized spacial score (nSPS) is 20.6. The number of cyclic esters (lactones) is 1. The van der Waals surface area contributed by atoms with E-state index in [9.17, 15) is 14.7 Å². The first-order valence-electron chi connectivity index (χ1n) is 12.8. The lowest BCUT2D eigenvalue weighted by molar-refractivity contribution is -0.209. The zero-order valence-electron chi connectivity index (χ0n) is 22.9. The number of hydrogen-bond donors (Lipinski definition) is 1. The van der Waals surface area contributed by atoms with Crippen LogP contribution in [-0.2, 0) is 28.3 Å². The number of benzene rings is 2. The first-order valence-corrected chi connectivity index (χ1v) is 12.8. The minimum atomic E-state index is -2.14. The Balaban J connectivity index is 1.50. The maximum atomic E-state index is 13.2. The molecule has 1 N–H and O–H groups in total. The number of aromatic nitrogens is 1. The lowest BCUT2D eigenvalue weighted by Gasteiger charge is -2.43. The Kier molecular flexibility index (Phi) is 6.59. The number of methoxy groups -OCH3 is 3. The molecule has 3 aromatic rings. The Bertz CT molecular complexity index is 1540. The van der Waals surface area contributed by atoms with Gasteiger partial charge in [-0.2, -0.15) is 0 Å². The molecule has 0 spiro atoms. The molecule has 12 heteroatoms. The molecule has 0 fully saturated rings. The van der Waals surface area contributed by atoms with E-state index in [-0.39, 0.29) is 30.3 Å². The molecule has 2 atom stereocenters. The van der Waals surface area contributed by atoms with E-state index in [0.717, 1.165) is 5.56 Å². The Morgan fingerprint density at radius 3 is 2.61 bits per heavy atom. The van der Waals surface area contributed by atoms with Crippen LogP contribution < -0.4 is 23.7 Å². The topological polar surface area (TPSA) is 135 Å². The molecular weight excluding hydrogens is 536 g/mol.